The van der Waals surface area contributed by atoms with Gasteiger partial charge in [0, 0.05) is 30.3 Å². The Morgan fingerprint density at radius 3 is 2.31 bits per heavy atom. The Morgan fingerprint density at radius 1 is 1.38 bits per heavy atom. The third-order valence-corrected chi connectivity index (χ3v) is 2.43. The second-order valence-corrected chi connectivity index (χ2v) is 4.52. The molecule has 2 nitrogen and oxygen atoms in total. The van der Waals surface area contributed by atoms with Gasteiger partial charge >= 0.3 is 0 Å². The van der Waals surface area contributed by atoms with Crippen LogP contribution in [0.15, 0.2) is 11.8 Å². The first-order chi connectivity index (χ1) is 5.95. The number of allylic oxidation sites excluding steroid dienone is 2. The van der Waals surface area contributed by atoms with Crippen molar-refractivity contribution < 1.29 is 4.79 Å². The van der Waals surface area contributed by atoms with Gasteiger partial charge in [-0.1, -0.05) is 0 Å². The maximum absolute atomic E-state index is 11.1. The number of hydrogen-bond acceptors (Lipinski definition) is 2. The van der Waals surface area contributed by atoms with Gasteiger partial charge in [0.1, 0.15) is 0 Å². The lowest BCUT2D eigenvalue weighted by Gasteiger charge is -2.37. The van der Waals surface area contributed by atoms with Gasteiger partial charge in [-0.25, -0.2) is 0 Å². The largest absolute Gasteiger partial charge is 0.370 e. The average molecular weight is 181 g/mol. The first-order valence-electron chi connectivity index (χ1n) is 4.96. The zero-order chi connectivity index (χ0) is 10.1. The molecule has 0 aromatic rings. The first-order valence-corrected chi connectivity index (χ1v) is 4.96. The van der Waals surface area contributed by atoms with Crippen LogP contribution in [0.4, 0.5) is 0 Å². The molecule has 13 heavy (non-hydrogen) atoms. The van der Waals surface area contributed by atoms with Gasteiger partial charge < -0.3 is 4.90 Å². The predicted octanol–water partition coefficient (Wildman–Crippen LogP) is 2.35. The molecule has 1 aliphatic rings. The summed E-state index contributed by atoms with van der Waals surface area (Å²) in [4.78, 5) is 13.4. The van der Waals surface area contributed by atoms with E-state index in [1.54, 1.807) is 6.08 Å². The fourth-order valence-electron chi connectivity index (χ4n) is 1.90. The smallest absolute Gasteiger partial charge is 0.157 e. The van der Waals surface area contributed by atoms with E-state index >= 15 is 0 Å². The normalized spacial score (nSPS) is 17.5. The molecular formula is C11H19NO. The Labute approximate surface area is 80.6 Å². The lowest BCUT2D eigenvalue weighted by molar-refractivity contribution is -0.114. The molecule has 0 saturated heterocycles. The van der Waals surface area contributed by atoms with Crippen molar-refractivity contribution >= 4 is 5.78 Å². The van der Waals surface area contributed by atoms with Crippen LogP contribution in [0.1, 0.15) is 40.5 Å². The molecule has 0 N–H and O–H groups in total. The molecule has 0 spiro atoms. The molecule has 0 unspecified atom stereocenters. The highest BCUT2D eigenvalue weighted by molar-refractivity contribution is 5.92. The Balaban J connectivity index is 2.79. The number of rotatable bonds is 2. The topological polar surface area (TPSA) is 20.3 Å². The third kappa shape index (κ3) is 2.33. The fraction of sp³-hybridized carbons (Fsp3) is 0.727. The monoisotopic (exact) mass is 181 g/mol. The Bertz CT molecular complexity index is 235. The van der Waals surface area contributed by atoms with Crippen molar-refractivity contribution in [2.75, 3.05) is 6.54 Å². The quantitative estimate of drug-likeness (QED) is 0.651. The second kappa shape index (κ2) is 3.52. The Kier molecular flexibility index (Phi) is 2.79. The van der Waals surface area contributed by atoms with Gasteiger partial charge in [-0.05, 0) is 34.1 Å². The third-order valence-electron chi connectivity index (χ3n) is 2.43. The van der Waals surface area contributed by atoms with Crippen LogP contribution in [0.2, 0.25) is 0 Å². The molecule has 1 rings (SSSR count). The molecule has 0 fully saturated rings. The van der Waals surface area contributed by atoms with Crippen molar-refractivity contribution in [3.05, 3.63) is 11.8 Å². The predicted molar refractivity (Wildman–Crippen MR) is 54.5 cm³/mol. The van der Waals surface area contributed by atoms with Crippen molar-refractivity contribution in [3.8, 4) is 0 Å². The summed E-state index contributed by atoms with van der Waals surface area (Å²) in [5, 5.41) is 0. The van der Waals surface area contributed by atoms with E-state index < -0.39 is 0 Å². The standard InChI is InChI=1S/C11H19NO/c1-5-12(11(2,3)4)9-6-7-10(13)8-9/h8H,5-7H2,1-4H3. The summed E-state index contributed by atoms with van der Waals surface area (Å²) < 4.78 is 0. The number of carbonyl (C=O) groups excluding carboxylic acids is 1. The molecule has 0 bridgehead atoms. The van der Waals surface area contributed by atoms with E-state index in [0.717, 1.165) is 13.0 Å². The van der Waals surface area contributed by atoms with Gasteiger partial charge in [-0.3, -0.25) is 4.79 Å². The minimum Gasteiger partial charge on any atom is -0.370 e. The molecule has 2 heteroatoms. The lowest BCUT2D eigenvalue weighted by Crippen LogP contribution is -2.39. The van der Waals surface area contributed by atoms with Crippen LogP contribution in [0, 0.1) is 0 Å². The van der Waals surface area contributed by atoms with E-state index in [0.29, 0.717) is 6.42 Å². The summed E-state index contributed by atoms with van der Waals surface area (Å²) in [6.45, 7) is 9.65. The van der Waals surface area contributed by atoms with Gasteiger partial charge in [-0.2, -0.15) is 0 Å². The van der Waals surface area contributed by atoms with E-state index in [2.05, 4.69) is 32.6 Å². The molecular weight excluding hydrogens is 162 g/mol. The van der Waals surface area contributed by atoms with Crippen molar-refractivity contribution in [1.82, 2.24) is 4.90 Å². The van der Waals surface area contributed by atoms with Crippen LogP contribution in [-0.2, 0) is 4.79 Å². The van der Waals surface area contributed by atoms with Gasteiger partial charge in [0.25, 0.3) is 0 Å². The van der Waals surface area contributed by atoms with Crippen molar-refractivity contribution in [2.24, 2.45) is 0 Å². The molecule has 0 atom stereocenters. The summed E-state index contributed by atoms with van der Waals surface area (Å²) in [6, 6.07) is 0. The van der Waals surface area contributed by atoms with Crippen LogP contribution >= 0.6 is 0 Å². The van der Waals surface area contributed by atoms with Crippen molar-refractivity contribution in [1.29, 1.82) is 0 Å². The maximum atomic E-state index is 11.1. The molecule has 0 heterocycles. The highest BCUT2D eigenvalue weighted by Gasteiger charge is 2.25. The molecule has 0 aromatic heterocycles. The average Bonchev–Trinajstić information content (AvgIpc) is 2.34. The van der Waals surface area contributed by atoms with E-state index in [9.17, 15) is 4.79 Å². The Hall–Kier alpha value is -0.790. The highest BCUT2D eigenvalue weighted by Crippen LogP contribution is 2.26. The van der Waals surface area contributed by atoms with Crippen molar-refractivity contribution in [3.63, 3.8) is 0 Å². The molecule has 74 valence electrons. The fourth-order valence-corrected chi connectivity index (χ4v) is 1.90. The SMILES string of the molecule is CCN(C1=CC(=O)CC1)C(C)(C)C. The summed E-state index contributed by atoms with van der Waals surface area (Å²) in [5.41, 5.74) is 1.34. The zero-order valence-electron chi connectivity index (χ0n) is 9.05. The minimum absolute atomic E-state index is 0.130. The van der Waals surface area contributed by atoms with Crippen LogP contribution in [0.3, 0.4) is 0 Å². The van der Waals surface area contributed by atoms with Gasteiger partial charge in [-0.15, -0.1) is 0 Å². The van der Waals surface area contributed by atoms with Crippen LogP contribution in [-0.4, -0.2) is 22.8 Å². The summed E-state index contributed by atoms with van der Waals surface area (Å²) in [7, 11) is 0. The van der Waals surface area contributed by atoms with Gasteiger partial charge in [0.05, 0.1) is 0 Å². The van der Waals surface area contributed by atoms with E-state index in [1.165, 1.54) is 5.70 Å². The number of ketones is 1. The molecule has 0 saturated carbocycles. The van der Waals surface area contributed by atoms with E-state index in [-0.39, 0.29) is 11.3 Å². The number of hydrogen-bond donors (Lipinski definition) is 0. The highest BCUT2D eigenvalue weighted by atomic mass is 16.1. The van der Waals surface area contributed by atoms with E-state index in [4.69, 9.17) is 0 Å². The second-order valence-electron chi connectivity index (χ2n) is 4.52. The molecule has 0 radical (unpaired) electrons. The molecule has 1 aliphatic carbocycles. The van der Waals surface area contributed by atoms with E-state index in [1.807, 2.05) is 0 Å². The lowest BCUT2D eigenvalue weighted by atomic mass is 10.0. The molecule has 0 aromatic carbocycles. The molecule has 0 amide bonds. The summed E-state index contributed by atoms with van der Waals surface area (Å²) in [6.07, 6.45) is 3.42. The summed E-state index contributed by atoms with van der Waals surface area (Å²) in [5.74, 6) is 0.276. The number of carbonyl (C=O) groups is 1. The van der Waals surface area contributed by atoms with Crippen molar-refractivity contribution in [2.45, 2.75) is 46.1 Å². The van der Waals surface area contributed by atoms with Crippen LogP contribution in [0.5, 0.6) is 0 Å². The Morgan fingerprint density at radius 2 is 2.00 bits per heavy atom. The first kappa shape index (κ1) is 10.3. The van der Waals surface area contributed by atoms with Crippen LogP contribution in [0.25, 0.3) is 0 Å². The van der Waals surface area contributed by atoms with Gasteiger partial charge in [0.2, 0.25) is 0 Å². The summed E-state index contributed by atoms with van der Waals surface area (Å²) >= 11 is 0. The maximum Gasteiger partial charge on any atom is 0.157 e. The zero-order valence-corrected chi connectivity index (χ0v) is 9.05. The number of nitrogens with zero attached hydrogens (tertiary/aromatic N) is 1. The van der Waals surface area contributed by atoms with Crippen LogP contribution < -0.4 is 0 Å². The minimum atomic E-state index is 0.130. The van der Waals surface area contributed by atoms with Gasteiger partial charge in [0.15, 0.2) is 5.78 Å². The molecule has 0 aliphatic heterocycles.